The van der Waals surface area contributed by atoms with E-state index in [1.54, 1.807) is 4.90 Å². The van der Waals surface area contributed by atoms with Crippen molar-refractivity contribution in [2.75, 3.05) is 6.54 Å². The summed E-state index contributed by atoms with van der Waals surface area (Å²) in [5, 5.41) is 2.83. The van der Waals surface area contributed by atoms with E-state index in [9.17, 15) is 9.59 Å². The Morgan fingerprint density at radius 3 is 2.58 bits per heavy atom. The molecule has 0 radical (unpaired) electrons. The van der Waals surface area contributed by atoms with Crippen molar-refractivity contribution in [3.8, 4) is 0 Å². The van der Waals surface area contributed by atoms with Crippen LogP contribution in [0.2, 0.25) is 0 Å². The van der Waals surface area contributed by atoms with Gasteiger partial charge >= 0.3 is 0 Å². The van der Waals surface area contributed by atoms with Crippen molar-refractivity contribution in [1.82, 2.24) is 10.2 Å². The lowest BCUT2D eigenvalue weighted by Crippen LogP contribution is -2.48. The molecule has 1 aromatic carbocycles. The van der Waals surface area contributed by atoms with Crippen molar-refractivity contribution in [2.45, 2.75) is 38.8 Å². The van der Waals surface area contributed by atoms with E-state index < -0.39 is 6.04 Å². The summed E-state index contributed by atoms with van der Waals surface area (Å²) in [6.07, 6.45) is 0.934. The van der Waals surface area contributed by atoms with Crippen molar-refractivity contribution < 1.29 is 9.59 Å². The zero-order valence-corrected chi connectivity index (χ0v) is 11.4. The van der Waals surface area contributed by atoms with E-state index in [2.05, 4.69) is 5.32 Å². The molecular weight excluding hydrogens is 240 g/mol. The first-order valence-corrected chi connectivity index (χ1v) is 6.71. The predicted molar refractivity (Wildman–Crippen MR) is 73.5 cm³/mol. The maximum absolute atomic E-state index is 12.4. The topological polar surface area (TPSA) is 49.4 Å². The Morgan fingerprint density at radius 1 is 1.26 bits per heavy atom. The maximum atomic E-state index is 12.4. The van der Waals surface area contributed by atoms with Gasteiger partial charge in [-0.15, -0.1) is 0 Å². The number of rotatable bonds is 3. The molecule has 1 aromatic rings. The fourth-order valence-electron chi connectivity index (χ4n) is 2.36. The van der Waals surface area contributed by atoms with Gasteiger partial charge in [-0.05, 0) is 19.4 Å². The number of nitrogens with one attached hydrogen (secondary N) is 1. The van der Waals surface area contributed by atoms with Crippen LogP contribution in [0.1, 0.15) is 25.8 Å². The number of carbonyl (C=O) groups excluding carboxylic acids is 2. The maximum Gasteiger partial charge on any atom is 0.245 e. The highest BCUT2D eigenvalue weighted by Crippen LogP contribution is 2.12. The molecule has 1 fully saturated rings. The van der Waals surface area contributed by atoms with Gasteiger partial charge < -0.3 is 10.2 Å². The largest absolute Gasteiger partial charge is 0.344 e. The van der Waals surface area contributed by atoms with Gasteiger partial charge in [-0.25, -0.2) is 0 Å². The van der Waals surface area contributed by atoms with Gasteiger partial charge in [-0.1, -0.05) is 30.3 Å². The third-order valence-corrected chi connectivity index (χ3v) is 3.40. The molecule has 0 bridgehead atoms. The minimum absolute atomic E-state index is 0.0182. The SMILES string of the molecule is CC(C)N1CCC(=O)NC(Cc2ccccc2)C1=O. The van der Waals surface area contributed by atoms with Gasteiger partial charge in [-0.3, -0.25) is 9.59 Å². The molecule has 1 N–H and O–H groups in total. The highest BCUT2D eigenvalue weighted by Gasteiger charge is 2.30. The Bertz CT molecular complexity index is 456. The predicted octanol–water partition coefficient (Wildman–Crippen LogP) is 1.35. The van der Waals surface area contributed by atoms with Crippen LogP contribution in [0.25, 0.3) is 0 Å². The lowest BCUT2D eigenvalue weighted by atomic mass is 10.0. The molecule has 102 valence electrons. The molecule has 1 aliphatic rings. The van der Waals surface area contributed by atoms with Crippen LogP contribution in [0, 0.1) is 0 Å². The van der Waals surface area contributed by atoms with Crippen LogP contribution < -0.4 is 5.32 Å². The quantitative estimate of drug-likeness (QED) is 0.892. The normalized spacial score (nSPS) is 20.4. The third-order valence-electron chi connectivity index (χ3n) is 3.40. The van der Waals surface area contributed by atoms with Gasteiger partial charge in [0.15, 0.2) is 0 Å². The second-order valence-electron chi connectivity index (χ2n) is 5.19. The fourth-order valence-corrected chi connectivity index (χ4v) is 2.36. The summed E-state index contributed by atoms with van der Waals surface area (Å²) in [6.45, 7) is 4.47. The molecule has 1 unspecified atom stereocenters. The molecule has 0 saturated carbocycles. The first-order valence-electron chi connectivity index (χ1n) is 6.71. The van der Waals surface area contributed by atoms with E-state index in [0.717, 1.165) is 5.56 Å². The van der Waals surface area contributed by atoms with Gasteiger partial charge in [0, 0.05) is 25.4 Å². The van der Waals surface area contributed by atoms with E-state index in [0.29, 0.717) is 19.4 Å². The third kappa shape index (κ3) is 3.34. The Hall–Kier alpha value is -1.84. The molecule has 19 heavy (non-hydrogen) atoms. The number of hydrogen-bond acceptors (Lipinski definition) is 2. The molecule has 1 saturated heterocycles. The van der Waals surface area contributed by atoms with E-state index >= 15 is 0 Å². The standard InChI is InChI=1S/C15H20N2O2/c1-11(2)17-9-8-14(18)16-13(15(17)19)10-12-6-4-3-5-7-12/h3-7,11,13H,8-10H2,1-2H3,(H,16,18). The van der Waals surface area contributed by atoms with Crippen LogP contribution in [0.4, 0.5) is 0 Å². The summed E-state index contributed by atoms with van der Waals surface area (Å²) < 4.78 is 0. The molecule has 0 aliphatic carbocycles. The lowest BCUT2D eigenvalue weighted by Gasteiger charge is -2.27. The minimum atomic E-state index is -0.445. The van der Waals surface area contributed by atoms with Crippen LogP contribution >= 0.6 is 0 Å². The van der Waals surface area contributed by atoms with Crippen molar-refractivity contribution in [2.24, 2.45) is 0 Å². The number of carbonyl (C=O) groups is 2. The highest BCUT2D eigenvalue weighted by molar-refractivity contribution is 5.90. The zero-order chi connectivity index (χ0) is 13.8. The summed E-state index contributed by atoms with van der Waals surface area (Å²) in [7, 11) is 0. The Balaban J connectivity index is 2.16. The van der Waals surface area contributed by atoms with Crippen LogP contribution in [0.15, 0.2) is 30.3 Å². The summed E-state index contributed by atoms with van der Waals surface area (Å²) >= 11 is 0. The number of hydrogen-bond donors (Lipinski definition) is 1. The molecule has 1 heterocycles. The van der Waals surface area contributed by atoms with Crippen LogP contribution in [0.5, 0.6) is 0 Å². The number of nitrogens with zero attached hydrogens (tertiary/aromatic N) is 1. The van der Waals surface area contributed by atoms with E-state index in [1.165, 1.54) is 0 Å². The Kier molecular flexibility index (Phi) is 4.20. The summed E-state index contributed by atoms with van der Waals surface area (Å²) in [6, 6.07) is 9.46. The minimum Gasteiger partial charge on any atom is -0.344 e. The first-order chi connectivity index (χ1) is 9.08. The first kappa shape index (κ1) is 13.6. The Morgan fingerprint density at radius 2 is 1.95 bits per heavy atom. The monoisotopic (exact) mass is 260 g/mol. The van der Waals surface area contributed by atoms with Crippen LogP contribution in [-0.4, -0.2) is 35.3 Å². The highest BCUT2D eigenvalue weighted by atomic mass is 16.2. The van der Waals surface area contributed by atoms with Crippen molar-refractivity contribution in [1.29, 1.82) is 0 Å². The molecule has 1 aliphatic heterocycles. The van der Waals surface area contributed by atoms with Gasteiger partial charge in [0.05, 0.1) is 0 Å². The average Bonchev–Trinajstić information content (AvgIpc) is 2.51. The smallest absolute Gasteiger partial charge is 0.245 e. The molecule has 4 nitrogen and oxygen atoms in total. The van der Waals surface area contributed by atoms with E-state index in [1.807, 2.05) is 44.2 Å². The van der Waals surface area contributed by atoms with Crippen LogP contribution in [-0.2, 0) is 16.0 Å². The molecule has 2 amide bonds. The van der Waals surface area contributed by atoms with Crippen molar-refractivity contribution >= 4 is 11.8 Å². The van der Waals surface area contributed by atoms with Gasteiger partial charge in [0.25, 0.3) is 0 Å². The summed E-state index contributed by atoms with van der Waals surface area (Å²) in [5.41, 5.74) is 1.06. The molecule has 4 heteroatoms. The van der Waals surface area contributed by atoms with Crippen molar-refractivity contribution in [3.63, 3.8) is 0 Å². The average molecular weight is 260 g/mol. The molecule has 0 spiro atoms. The molecule has 0 aromatic heterocycles. The van der Waals surface area contributed by atoms with Crippen LogP contribution in [0.3, 0.4) is 0 Å². The van der Waals surface area contributed by atoms with Gasteiger partial charge in [0.2, 0.25) is 11.8 Å². The van der Waals surface area contributed by atoms with Gasteiger partial charge in [0.1, 0.15) is 6.04 Å². The second kappa shape index (κ2) is 5.87. The molecule has 1 atom stereocenters. The van der Waals surface area contributed by atoms with E-state index in [4.69, 9.17) is 0 Å². The molecule has 2 rings (SSSR count). The summed E-state index contributed by atoms with van der Waals surface area (Å²) in [4.78, 5) is 25.9. The second-order valence-corrected chi connectivity index (χ2v) is 5.19. The number of amides is 2. The summed E-state index contributed by atoms with van der Waals surface area (Å²) in [5.74, 6) is -0.0258. The lowest BCUT2D eigenvalue weighted by molar-refractivity contribution is -0.134. The Labute approximate surface area is 113 Å². The molecular formula is C15H20N2O2. The fraction of sp³-hybridized carbons (Fsp3) is 0.467. The van der Waals surface area contributed by atoms with E-state index in [-0.39, 0.29) is 17.9 Å². The van der Waals surface area contributed by atoms with Crippen molar-refractivity contribution in [3.05, 3.63) is 35.9 Å². The number of benzene rings is 1. The zero-order valence-electron chi connectivity index (χ0n) is 11.4. The van der Waals surface area contributed by atoms with Gasteiger partial charge in [-0.2, -0.15) is 0 Å².